The maximum absolute atomic E-state index is 13.2. The highest BCUT2D eigenvalue weighted by molar-refractivity contribution is 5.89. The standard InChI is InChI=1S/C20H25NO6/c1-21-8-7-18-9-12(22)17(25-3)20(26-4)19(18,21)10-14(27-20)11-5-6-13(24-2)16(23)15(11)18/h5-6,14,17,23H,7-10H2,1-4H3. The number of hydrogen-bond acceptors (Lipinski definition) is 7. The van der Waals surface area contributed by atoms with Crippen molar-refractivity contribution >= 4 is 5.78 Å². The molecular weight excluding hydrogens is 350 g/mol. The number of carbonyl (C=O) groups excluding carboxylic acids is 1. The third kappa shape index (κ3) is 1.59. The first-order chi connectivity index (χ1) is 12.9. The molecule has 0 amide bonds. The minimum atomic E-state index is -1.22. The van der Waals surface area contributed by atoms with Gasteiger partial charge in [0.1, 0.15) is 0 Å². The fourth-order valence-electron chi connectivity index (χ4n) is 6.68. The average molecular weight is 375 g/mol. The lowest BCUT2D eigenvalue weighted by Crippen LogP contribution is -2.76. The van der Waals surface area contributed by atoms with Crippen LogP contribution in [0.15, 0.2) is 12.1 Å². The summed E-state index contributed by atoms with van der Waals surface area (Å²) < 4.78 is 23.6. The van der Waals surface area contributed by atoms with Gasteiger partial charge in [-0.1, -0.05) is 6.07 Å². The number of rotatable bonds is 3. The lowest BCUT2D eigenvalue weighted by Gasteiger charge is -2.59. The number of carbonyl (C=O) groups is 1. The molecule has 1 saturated carbocycles. The van der Waals surface area contributed by atoms with E-state index in [9.17, 15) is 9.90 Å². The van der Waals surface area contributed by atoms with Gasteiger partial charge < -0.3 is 24.1 Å². The second kappa shape index (κ2) is 5.23. The Labute approximate surface area is 158 Å². The molecule has 1 aromatic carbocycles. The Morgan fingerprint density at radius 3 is 2.74 bits per heavy atom. The fraction of sp³-hybridized carbons (Fsp3) is 0.650. The van der Waals surface area contributed by atoms with Crippen molar-refractivity contribution in [1.29, 1.82) is 0 Å². The predicted octanol–water partition coefficient (Wildman–Crippen LogP) is 1.52. The number of benzene rings is 1. The Morgan fingerprint density at radius 1 is 1.30 bits per heavy atom. The monoisotopic (exact) mass is 375 g/mol. The van der Waals surface area contributed by atoms with Crippen LogP contribution in [-0.2, 0) is 24.4 Å². The number of phenols is 1. The molecule has 7 heteroatoms. The summed E-state index contributed by atoms with van der Waals surface area (Å²) in [7, 11) is 6.70. The van der Waals surface area contributed by atoms with E-state index in [1.165, 1.54) is 14.2 Å². The summed E-state index contributed by atoms with van der Waals surface area (Å²) in [4.78, 5) is 15.5. The molecule has 2 aliphatic heterocycles. The molecule has 2 aliphatic carbocycles. The molecule has 4 aliphatic rings. The summed E-state index contributed by atoms with van der Waals surface area (Å²) >= 11 is 0. The molecule has 1 spiro atoms. The van der Waals surface area contributed by atoms with E-state index in [1.807, 2.05) is 13.1 Å². The number of hydrogen-bond donors (Lipinski definition) is 1. The number of ketones is 1. The van der Waals surface area contributed by atoms with Crippen LogP contribution in [0.3, 0.4) is 0 Å². The van der Waals surface area contributed by atoms with Crippen molar-refractivity contribution in [2.24, 2.45) is 0 Å². The smallest absolute Gasteiger partial charge is 0.222 e. The van der Waals surface area contributed by atoms with Crippen LogP contribution in [0.5, 0.6) is 11.5 Å². The zero-order chi connectivity index (χ0) is 19.2. The molecule has 5 atom stereocenters. The van der Waals surface area contributed by atoms with Crippen molar-refractivity contribution in [1.82, 2.24) is 4.90 Å². The van der Waals surface area contributed by atoms with E-state index in [2.05, 4.69) is 4.90 Å². The van der Waals surface area contributed by atoms with E-state index in [4.69, 9.17) is 18.9 Å². The van der Waals surface area contributed by atoms with Crippen LogP contribution >= 0.6 is 0 Å². The van der Waals surface area contributed by atoms with E-state index in [-0.39, 0.29) is 24.1 Å². The van der Waals surface area contributed by atoms with E-state index in [0.717, 1.165) is 24.1 Å². The highest BCUT2D eigenvalue weighted by Crippen LogP contribution is 2.72. The Morgan fingerprint density at radius 2 is 2.07 bits per heavy atom. The van der Waals surface area contributed by atoms with Crippen molar-refractivity contribution < 1.29 is 28.8 Å². The molecule has 5 rings (SSSR count). The lowest BCUT2D eigenvalue weighted by atomic mass is 9.50. The van der Waals surface area contributed by atoms with Gasteiger partial charge in [0, 0.05) is 38.0 Å². The van der Waals surface area contributed by atoms with Gasteiger partial charge in [0.15, 0.2) is 23.4 Å². The SMILES string of the molecule is COc1ccc2c(c1O)C13CCN(C)C14CC2OC4(OC)C(OC)C(=O)C3. The minimum Gasteiger partial charge on any atom is -0.504 e. The largest absolute Gasteiger partial charge is 0.504 e. The molecule has 146 valence electrons. The van der Waals surface area contributed by atoms with Gasteiger partial charge >= 0.3 is 0 Å². The first kappa shape index (κ1) is 17.4. The zero-order valence-corrected chi connectivity index (χ0v) is 16.1. The fourth-order valence-corrected chi connectivity index (χ4v) is 6.68. The Balaban J connectivity index is 1.88. The van der Waals surface area contributed by atoms with Crippen molar-refractivity contribution in [3.63, 3.8) is 0 Å². The second-order valence-corrected chi connectivity index (χ2v) is 8.14. The van der Waals surface area contributed by atoms with Crippen molar-refractivity contribution in [3.05, 3.63) is 23.3 Å². The highest BCUT2D eigenvalue weighted by atomic mass is 16.7. The maximum Gasteiger partial charge on any atom is 0.222 e. The van der Waals surface area contributed by atoms with Crippen LogP contribution < -0.4 is 4.74 Å². The summed E-state index contributed by atoms with van der Waals surface area (Å²) in [6, 6.07) is 3.71. The van der Waals surface area contributed by atoms with E-state index in [1.54, 1.807) is 13.2 Å². The summed E-state index contributed by atoms with van der Waals surface area (Å²) in [6.07, 6.45) is 0.628. The molecule has 5 unspecified atom stereocenters. The molecular formula is C20H25NO6. The topological polar surface area (TPSA) is 77.5 Å². The number of likely N-dealkylation sites (tertiary alicyclic amines) is 1. The number of methoxy groups -OCH3 is 3. The molecule has 7 nitrogen and oxygen atoms in total. The van der Waals surface area contributed by atoms with Gasteiger partial charge in [-0.05, 0) is 31.6 Å². The van der Waals surface area contributed by atoms with Crippen LogP contribution in [0.4, 0.5) is 0 Å². The van der Waals surface area contributed by atoms with E-state index < -0.39 is 22.8 Å². The maximum atomic E-state index is 13.2. The van der Waals surface area contributed by atoms with Gasteiger partial charge in [-0.3, -0.25) is 9.69 Å². The number of ether oxygens (including phenoxy) is 4. The molecule has 0 aromatic heterocycles. The molecule has 2 heterocycles. The quantitative estimate of drug-likeness (QED) is 0.858. The van der Waals surface area contributed by atoms with Gasteiger partial charge in [-0.25, -0.2) is 0 Å². The summed E-state index contributed by atoms with van der Waals surface area (Å²) in [5.74, 6) is -0.746. The summed E-state index contributed by atoms with van der Waals surface area (Å²) in [5.41, 5.74) is 0.502. The van der Waals surface area contributed by atoms with Gasteiger partial charge in [0.05, 0.1) is 18.8 Å². The number of likely N-dealkylation sites (N-methyl/N-ethyl adjacent to an activating group) is 1. The molecule has 0 radical (unpaired) electrons. The molecule has 3 fully saturated rings. The number of phenolic OH excluding ortho intramolecular Hbond substituents is 1. The highest BCUT2D eigenvalue weighted by Gasteiger charge is 2.82. The molecule has 2 bridgehead atoms. The lowest BCUT2D eigenvalue weighted by molar-refractivity contribution is -0.309. The van der Waals surface area contributed by atoms with Gasteiger partial charge in [-0.15, -0.1) is 0 Å². The van der Waals surface area contributed by atoms with E-state index in [0.29, 0.717) is 12.2 Å². The Hall–Kier alpha value is -1.67. The number of nitrogens with zero attached hydrogens (tertiary/aromatic N) is 1. The molecule has 2 saturated heterocycles. The second-order valence-electron chi connectivity index (χ2n) is 8.14. The van der Waals surface area contributed by atoms with Crippen LogP contribution in [0, 0.1) is 0 Å². The summed E-state index contributed by atoms with van der Waals surface area (Å²) in [6.45, 7) is 0.779. The zero-order valence-electron chi connectivity index (χ0n) is 16.1. The molecule has 1 N–H and O–H groups in total. The van der Waals surface area contributed by atoms with Crippen molar-refractivity contribution in [2.75, 3.05) is 34.9 Å². The van der Waals surface area contributed by atoms with Crippen LogP contribution in [0.2, 0.25) is 0 Å². The third-order valence-corrected chi connectivity index (χ3v) is 7.56. The molecule has 1 aromatic rings. The predicted molar refractivity (Wildman–Crippen MR) is 94.9 cm³/mol. The minimum absolute atomic E-state index is 0.0546. The third-order valence-electron chi connectivity index (χ3n) is 7.56. The van der Waals surface area contributed by atoms with Gasteiger partial charge in [-0.2, -0.15) is 0 Å². The van der Waals surface area contributed by atoms with Gasteiger partial charge in [0.25, 0.3) is 0 Å². The van der Waals surface area contributed by atoms with Gasteiger partial charge in [0.2, 0.25) is 5.79 Å². The Bertz CT molecular complexity index is 842. The summed E-state index contributed by atoms with van der Waals surface area (Å²) in [5, 5.41) is 11.1. The first-order valence-corrected chi connectivity index (χ1v) is 9.32. The Kier molecular flexibility index (Phi) is 3.37. The average Bonchev–Trinajstić information content (AvgIpc) is 3.15. The first-order valence-electron chi connectivity index (χ1n) is 9.32. The van der Waals surface area contributed by atoms with Crippen LogP contribution in [-0.4, -0.2) is 68.1 Å². The van der Waals surface area contributed by atoms with Crippen molar-refractivity contribution in [2.45, 2.75) is 48.2 Å². The number of fused-ring (bicyclic) bond motifs is 3. The van der Waals surface area contributed by atoms with Crippen LogP contribution in [0.25, 0.3) is 0 Å². The van der Waals surface area contributed by atoms with Crippen LogP contribution in [0.1, 0.15) is 36.5 Å². The van der Waals surface area contributed by atoms with E-state index >= 15 is 0 Å². The molecule has 27 heavy (non-hydrogen) atoms. The van der Waals surface area contributed by atoms with Crippen molar-refractivity contribution in [3.8, 4) is 11.5 Å². The normalized spacial score (nSPS) is 42.1. The number of Topliss-reactive ketones (excluding diaryl/α,β-unsaturated/α-hetero) is 1. The number of aromatic hydroxyl groups is 1.